The predicted octanol–water partition coefficient (Wildman–Crippen LogP) is 0.813. The van der Waals surface area contributed by atoms with Crippen LogP contribution < -0.4 is 0 Å². The Labute approximate surface area is 65.4 Å². The molecule has 3 atom stereocenters. The fraction of sp³-hybridized carbons (Fsp3) is 1.00. The third kappa shape index (κ3) is 1.68. The van der Waals surface area contributed by atoms with Gasteiger partial charge in [-0.3, -0.25) is 10.1 Å². The first kappa shape index (κ1) is 8.46. The van der Waals surface area contributed by atoms with Crippen molar-refractivity contribution in [2.24, 2.45) is 5.92 Å². The van der Waals surface area contributed by atoms with Gasteiger partial charge in [-0.1, -0.05) is 13.3 Å². The van der Waals surface area contributed by atoms with E-state index in [1.54, 1.807) is 0 Å². The van der Waals surface area contributed by atoms with Crippen molar-refractivity contribution in [3.8, 4) is 0 Å². The summed E-state index contributed by atoms with van der Waals surface area (Å²) in [4.78, 5) is 10.1. The van der Waals surface area contributed by atoms with Gasteiger partial charge in [0, 0.05) is 10.8 Å². The Balaban J connectivity index is 2.62. The molecule has 1 rings (SSSR count). The van der Waals surface area contributed by atoms with Crippen molar-refractivity contribution in [2.45, 2.75) is 38.3 Å². The highest BCUT2D eigenvalue weighted by Gasteiger charge is 2.38. The molecule has 4 nitrogen and oxygen atoms in total. The lowest BCUT2D eigenvalue weighted by atomic mass is 9.84. The number of hydrogen-bond acceptors (Lipinski definition) is 3. The van der Waals surface area contributed by atoms with Gasteiger partial charge < -0.3 is 5.11 Å². The van der Waals surface area contributed by atoms with E-state index in [-0.39, 0.29) is 10.8 Å². The fourth-order valence-electron chi connectivity index (χ4n) is 1.72. The third-order valence-electron chi connectivity index (χ3n) is 2.38. The summed E-state index contributed by atoms with van der Waals surface area (Å²) >= 11 is 0. The van der Waals surface area contributed by atoms with Crippen LogP contribution in [0.3, 0.4) is 0 Å². The summed E-state index contributed by atoms with van der Waals surface area (Å²) < 4.78 is 0. The van der Waals surface area contributed by atoms with E-state index in [0.717, 1.165) is 12.8 Å². The monoisotopic (exact) mass is 159 g/mol. The van der Waals surface area contributed by atoms with Gasteiger partial charge in [0.05, 0.1) is 0 Å². The molecule has 0 spiro atoms. The fourth-order valence-corrected chi connectivity index (χ4v) is 1.72. The first-order valence-corrected chi connectivity index (χ1v) is 3.94. The number of nitro groups is 1. The Morgan fingerprint density at radius 1 is 1.55 bits per heavy atom. The molecule has 0 aromatic carbocycles. The molecule has 1 fully saturated rings. The lowest BCUT2D eigenvalue weighted by molar-refractivity contribution is -0.546. The summed E-state index contributed by atoms with van der Waals surface area (Å²) in [5.41, 5.74) is 0. The average molecular weight is 159 g/mol. The van der Waals surface area contributed by atoms with E-state index >= 15 is 0 Å². The number of hydrogen-bond donors (Lipinski definition) is 1. The largest absolute Gasteiger partial charge is 0.386 e. The summed E-state index contributed by atoms with van der Waals surface area (Å²) in [6.07, 6.45) is 1.62. The molecule has 0 bridgehead atoms. The zero-order chi connectivity index (χ0) is 8.43. The second kappa shape index (κ2) is 3.17. The molecule has 0 amide bonds. The van der Waals surface area contributed by atoms with E-state index in [4.69, 9.17) is 0 Å². The molecule has 1 saturated carbocycles. The lowest BCUT2D eigenvalue weighted by Crippen LogP contribution is -2.42. The maximum Gasteiger partial charge on any atom is 0.241 e. The highest BCUT2D eigenvalue weighted by Crippen LogP contribution is 2.25. The summed E-state index contributed by atoms with van der Waals surface area (Å²) in [6.45, 7) is 1.83. The van der Waals surface area contributed by atoms with Gasteiger partial charge in [-0.15, -0.1) is 0 Å². The molecule has 3 unspecified atom stereocenters. The topological polar surface area (TPSA) is 63.4 Å². The Morgan fingerprint density at radius 3 is 2.55 bits per heavy atom. The van der Waals surface area contributed by atoms with Crippen LogP contribution in [-0.2, 0) is 0 Å². The van der Waals surface area contributed by atoms with Crippen molar-refractivity contribution in [1.29, 1.82) is 0 Å². The van der Waals surface area contributed by atoms with Crippen LogP contribution in [0.25, 0.3) is 0 Å². The summed E-state index contributed by atoms with van der Waals surface area (Å²) in [5, 5.41) is 19.7. The maximum atomic E-state index is 10.4. The Bertz CT molecular complexity index is 150. The van der Waals surface area contributed by atoms with Crippen LogP contribution >= 0.6 is 0 Å². The van der Waals surface area contributed by atoms with Gasteiger partial charge in [-0.2, -0.15) is 0 Å². The van der Waals surface area contributed by atoms with Crippen molar-refractivity contribution >= 4 is 0 Å². The quantitative estimate of drug-likeness (QED) is 0.455. The standard InChI is InChI=1S/C7H13NO3/c1-5-3-2-4-6(9)7(5)8(10)11/h5-7,9H,2-4H2,1H3. The molecule has 0 heterocycles. The molecular weight excluding hydrogens is 146 g/mol. The molecule has 0 radical (unpaired) electrons. The number of nitrogens with zero attached hydrogens (tertiary/aromatic N) is 1. The van der Waals surface area contributed by atoms with Crippen LogP contribution in [0, 0.1) is 16.0 Å². The number of rotatable bonds is 1. The Hall–Kier alpha value is -0.640. The first-order valence-electron chi connectivity index (χ1n) is 3.94. The molecule has 0 saturated heterocycles. The zero-order valence-electron chi connectivity index (χ0n) is 6.56. The summed E-state index contributed by atoms with van der Waals surface area (Å²) in [5.74, 6) is 0.0220. The smallest absolute Gasteiger partial charge is 0.241 e. The van der Waals surface area contributed by atoms with Crippen molar-refractivity contribution in [2.75, 3.05) is 0 Å². The van der Waals surface area contributed by atoms with Crippen LogP contribution in [0.1, 0.15) is 26.2 Å². The molecular formula is C7H13NO3. The Morgan fingerprint density at radius 2 is 2.18 bits per heavy atom. The van der Waals surface area contributed by atoms with Crippen molar-refractivity contribution in [3.63, 3.8) is 0 Å². The van der Waals surface area contributed by atoms with Gasteiger partial charge in [-0.05, 0) is 12.8 Å². The van der Waals surface area contributed by atoms with Crippen LogP contribution in [-0.4, -0.2) is 22.2 Å². The molecule has 11 heavy (non-hydrogen) atoms. The van der Waals surface area contributed by atoms with E-state index in [1.165, 1.54) is 0 Å². The van der Waals surface area contributed by atoms with Gasteiger partial charge in [-0.25, -0.2) is 0 Å². The highest BCUT2D eigenvalue weighted by molar-refractivity contribution is 4.79. The van der Waals surface area contributed by atoms with Gasteiger partial charge in [0.15, 0.2) is 0 Å². The van der Waals surface area contributed by atoms with Crippen LogP contribution in [0.15, 0.2) is 0 Å². The minimum atomic E-state index is -0.733. The molecule has 0 aliphatic heterocycles. The molecule has 1 N–H and O–H groups in total. The van der Waals surface area contributed by atoms with Crippen LogP contribution in [0.4, 0.5) is 0 Å². The highest BCUT2D eigenvalue weighted by atomic mass is 16.6. The van der Waals surface area contributed by atoms with Crippen LogP contribution in [0.5, 0.6) is 0 Å². The zero-order valence-corrected chi connectivity index (χ0v) is 6.56. The molecule has 1 aliphatic carbocycles. The SMILES string of the molecule is CC1CCCC(O)C1[N+](=O)[O-]. The normalized spacial score (nSPS) is 38.5. The second-order valence-corrected chi connectivity index (χ2v) is 3.25. The van der Waals surface area contributed by atoms with Gasteiger partial charge in [0.1, 0.15) is 6.10 Å². The van der Waals surface area contributed by atoms with E-state index in [9.17, 15) is 15.2 Å². The van der Waals surface area contributed by atoms with Crippen molar-refractivity contribution in [1.82, 2.24) is 0 Å². The van der Waals surface area contributed by atoms with Crippen LogP contribution in [0.2, 0.25) is 0 Å². The summed E-state index contributed by atoms with van der Waals surface area (Å²) in [6, 6.07) is -0.733. The molecule has 64 valence electrons. The average Bonchev–Trinajstić information content (AvgIpc) is 1.85. The molecule has 1 aliphatic rings. The summed E-state index contributed by atoms with van der Waals surface area (Å²) in [7, 11) is 0. The van der Waals surface area contributed by atoms with Gasteiger partial charge >= 0.3 is 0 Å². The van der Waals surface area contributed by atoms with E-state index in [2.05, 4.69) is 0 Å². The molecule has 0 aromatic heterocycles. The van der Waals surface area contributed by atoms with Gasteiger partial charge in [0.25, 0.3) is 0 Å². The maximum absolute atomic E-state index is 10.4. The van der Waals surface area contributed by atoms with E-state index in [1.807, 2.05) is 6.92 Å². The minimum Gasteiger partial charge on any atom is -0.386 e. The Kier molecular flexibility index (Phi) is 2.44. The second-order valence-electron chi connectivity index (χ2n) is 3.25. The third-order valence-corrected chi connectivity index (χ3v) is 2.38. The number of aliphatic hydroxyl groups is 1. The minimum absolute atomic E-state index is 0.0220. The van der Waals surface area contributed by atoms with E-state index in [0.29, 0.717) is 6.42 Å². The molecule has 0 aromatic rings. The lowest BCUT2D eigenvalue weighted by Gasteiger charge is -2.26. The van der Waals surface area contributed by atoms with Crippen molar-refractivity contribution in [3.05, 3.63) is 10.1 Å². The van der Waals surface area contributed by atoms with E-state index < -0.39 is 12.1 Å². The van der Waals surface area contributed by atoms with Gasteiger partial charge in [0.2, 0.25) is 6.04 Å². The first-order chi connectivity index (χ1) is 5.13. The van der Waals surface area contributed by atoms with Crippen molar-refractivity contribution < 1.29 is 10.0 Å². The molecule has 4 heteroatoms. The number of aliphatic hydroxyl groups excluding tert-OH is 1. The predicted molar refractivity (Wildman–Crippen MR) is 39.8 cm³/mol.